The zero-order chi connectivity index (χ0) is 17.6. The van der Waals surface area contributed by atoms with E-state index in [4.69, 9.17) is 0 Å². The van der Waals surface area contributed by atoms with E-state index in [1.165, 1.54) is 5.56 Å². The van der Waals surface area contributed by atoms with E-state index < -0.39 is 0 Å². The lowest BCUT2D eigenvalue weighted by Crippen LogP contribution is -2.33. The van der Waals surface area contributed by atoms with Crippen molar-refractivity contribution in [3.05, 3.63) is 65.2 Å². The van der Waals surface area contributed by atoms with E-state index in [-0.39, 0.29) is 11.7 Å². The Morgan fingerprint density at radius 3 is 2.76 bits per heavy atom. The molecule has 1 N–H and O–H groups in total. The summed E-state index contributed by atoms with van der Waals surface area (Å²) in [7, 11) is 2.04. The van der Waals surface area contributed by atoms with Crippen LogP contribution < -0.4 is 5.32 Å². The summed E-state index contributed by atoms with van der Waals surface area (Å²) in [6.07, 6.45) is 0.549. The fourth-order valence-corrected chi connectivity index (χ4v) is 4.05. The highest BCUT2D eigenvalue weighted by atomic mass is 32.2. The van der Waals surface area contributed by atoms with Crippen molar-refractivity contribution in [3.63, 3.8) is 0 Å². The summed E-state index contributed by atoms with van der Waals surface area (Å²) in [4.78, 5) is 27.5. The molecular weight excluding hydrogens is 332 g/mol. The number of ketones is 1. The molecule has 5 heteroatoms. The molecule has 0 aromatic heterocycles. The molecule has 0 bridgehead atoms. The van der Waals surface area contributed by atoms with Gasteiger partial charge in [-0.15, -0.1) is 11.8 Å². The Kier molecular flexibility index (Phi) is 5.89. The zero-order valence-corrected chi connectivity index (χ0v) is 15.1. The van der Waals surface area contributed by atoms with E-state index in [2.05, 4.69) is 22.3 Å². The summed E-state index contributed by atoms with van der Waals surface area (Å²) in [6.45, 7) is 2.19. The van der Waals surface area contributed by atoms with E-state index in [1.807, 2.05) is 31.3 Å². The summed E-state index contributed by atoms with van der Waals surface area (Å²) in [5.41, 5.74) is 2.55. The Labute approximate surface area is 152 Å². The van der Waals surface area contributed by atoms with Crippen molar-refractivity contribution in [3.8, 4) is 0 Å². The van der Waals surface area contributed by atoms with Crippen molar-refractivity contribution in [2.75, 3.05) is 25.9 Å². The Morgan fingerprint density at radius 1 is 1.16 bits per heavy atom. The summed E-state index contributed by atoms with van der Waals surface area (Å²) in [5, 5.41) is 2.98. The molecule has 2 aromatic carbocycles. The second kappa shape index (κ2) is 8.32. The molecule has 0 saturated carbocycles. The number of benzene rings is 2. The Morgan fingerprint density at radius 2 is 1.96 bits per heavy atom. The van der Waals surface area contributed by atoms with Gasteiger partial charge in [0.2, 0.25) is 0 Å². The number of thioether (sulfide) groups is 1. The van der Waals surface area contributed by atoms with Gasteiger partial charge in [-0.2, -0.15) is 0 Å². The van der Waals surface area contributed by atoms with Crippen LogP contribution in [0.15, 0.2) is 53.4 Å². The molecule has 2 aromatic rings. The van der Waals surface area contributed by atoms with Gasteiger partial charge in [0.05, 0.1) is 5.56 Å². The topological polar surface area (TPSA) is 49.4 Å². The number of carbonyl (C=O) groups is 2. The Hall–Kier alpha value is -2.11. The quantitative estimate of drug-likeness (QED) is 0.865. The van der Waals surface area contributed by atoms with Crippen LogP contribution in [-0.2, 0) is 6.54 Å². The Balaban J connectivity index is 1.55. The minimum absolute atomic E-state index is 0.104. The number of rotatable bonds is 6. The third-order valence-electron chi connectivity index (χ3n) is 4.21. The monoisotopic (exact) mass is 354 g/mol. The molecule has 1 aliphatic rings. The molecule has 0 unspecified atom stereocenters. The number of Topliss-reactive ketones (excluding diaryl/α,β-unsaturated/α-hetero) is 1. The maximum absolute atomic E-state index is 12.5. The normalized spacial score (nSPS) is 13.6. The molecule has 0 spiro atoms. The van der Waals surface area contributed by atoms with Crippen LogP contribution in [0.5, 0.6) is 0 Å². The third kappa shape index (κ3) is 4.50. The van der Waals surface area contributed by atoms with Crippen LogP contribution >= 0.6 is 11.8 Å². The number of likely N-dealkylation sites (N-methyl/N-ethyl adjacent to an activating group) is 1. The van der Waals surface area contributed by atoms with Gasteiger partial charge < -0.3 is 10.2 Å². The van der Waals surface area contributed by atoms with E-state index in [0.29, 0.717) is 24.1 Å². The summed E-state index contributed by atoms with van der Waals surface area (Å²) >= 11 is 1.60. The molecule has 25 heavy (non-hydrogen) atoms. The molecule has 0 aliphatic carbocycles. The molecule has 0 atom stereocenters. The predicted octanol–water partition coefficient (Wildman–Crippen LogP) is 3.23. The highest BCUT2D eigenvalue weighted by Crippen LogP contribution is 2.32. The lowest BCUT2D eigenvalue weighted by atomic mass is 10.0. The number of amides is 1. The van der Waals surface area contributed by atoms with Crippen LogP contribution in [0, 0.1) is 0 Å². The first-order chi connectivity index (χ1) is 12.1. The van der Waals surface area contributed by atoms with E-state index >= 15 is 0 Å². The van der Waals surface area contributed by atoms with Gasteiger partial charge in [-0.3, -0.25) is 9.59 Å². The molecule has 0 fully saturated rings. The van der Waals surface area contributed by atoms with Crippen LogP contribution in [0.3, 0.4) is 0 Å². The Bertz CT molecular complexity index is 762. The molecule has 130 valence electrons. The van der Waals surface area contributed by atoms with Gasteiger partial charge in [-0.25, -0.2) is 0 Å². The minimum atomic E-state index is -0.104. The summed E-state index contributed by atoms with van der Waals surface area (Å²) in [6, 6.07) is 15.7. The van der Waals surface area contributed by atoms with Crippen LogP contribution in [0.4, 0.5) is 0 Å². The first kappa shape index (κ1) is 17.7. The fraction of sp³-hybridized carbons (Fsp3) is 0.300. The standard InChI is InChI=1S/C20H22N2O2S/c1-22(14-15-6-3-2-4-7-15)12-11-21-20(24)17-9-5-8-16-18(23)10-13-25-19(16)17/h2-9H,10-14H2,1H3,(H,21,24). The molecule has 4 nitrogen and oxygen atoms in total. The van der Waals surface area contributed by atoms with Gasteiger partial charge in [-0.05, 0) is 18.7 Å². The van der Waals surface area contributed by atoms with Crippen LogP contribution in [0.2, 0.25) is 0 Å². The number of hydrogen-bond donors (Lipinski definition) is 1. The van der Waals surface area contributed by atoms with Crippen molar-refractivity contribution in [1.29, 1.82) is 0 Å². The summed E-state index contributed by atoms with van der Waals surface area (Å²) in [5.74, 6) is 0.772. The average Bonchev–Trinajstić information content (AvgIpc) is 2.62. The van der Waals surface area contributed by atoms with Gasteiger partial charge in [0.25, 0.3) is 5.91 Å². The number of fused-ring (bicyclic) bond motifs is 1. The molecular formula is C20H22N2O2S. The van der Waals surface area contributed by atoms with E-state index in [1.54, 1.807) is 23.9 Å². The van der Waals surface area contributed by atoms with Crippen molar-refractivity contribution in [2.24, 2.45) is 0 Å². The highest BCUT2D eigenvalue weighted by molar-refractivity contribution is 7.99. The lowest BCUT2D eigenvalue weighted by molar-refractivity contribution is 0.0946. The van der Waals surface area contributed by atoms with Crippen molar-refractivity contribution < 1.29 is 9.59 Å². The smallest absolute Gasteiger partial charge is 0.252 e. The maximum Gasteiger partial charge on any atom is 0.252 e. The number of nitrogens with zero attached hydrogens (tertiary/aromatic N) is 1. The highest BCUT2D eigenvalue weighted by Gasteiger charge is 2.22. The number of carbonyl (C=O) groups excluding carboxylic acids is 2. The van der Waals surface area contributed by atoms with Gasteiger partial charge >= 0.3 is 0 Å². The van der Waals surface area contributed by atoms with Crippen molar-refractivity contribution in [1.82, 2.24) is 10.2 Å². The third-order valence-corrected chi connectivity index (χ3v) is 5.35. The minimum Gasteiger partial charge on any atom is -0.351 e. The van der Waals surface area contributed by atoms with Gasteiger partial charge in [-0.1, -0.05) is 42.5 Å². The molecule has 0 saturated heterocycles. The predicted molar refractivity (Wildman–Crippen MR) is 101 cm³/mol. The maximum atomic E-state index is 12.5. The average molecular weight is 354 g/mol. The van der Waals surface area contributed by atoms with Crippen LogP contribution in [0.25, 0.3) is 0 Å². The number of nitrogens with one attached hydrogen (secondary N) is 1. The SMILES string of the molecule is CN(CCNC(=O)c1cccc2c1SCCC2=O)Cc1ccccc1. The zero-order valence-electron chi connectivity index (χ0n) is 14.3. The van der Waals surface area contributed by atoms with Crippen LogP contribution in [-0.4, -0.2) is 42.5 Å². The first-order valence-electron chi connectivity index (χ1n) is 8.45. The van der Waals surface area contributed by atoms with Gasteiger partial charge in [0.1, 0.15) is 0 Å². The number of hydrogen-bond acceptors (Lipinski definition) is 4. The van der Waals surface area contributed by atoms with E-state index in [0.717, 1.165) is 23.7 Å². The van der Waals surface area contributed by atoms with Crippen molar-refractivity contribution >= 4 is 23.5 Å². The largest absolute Gasteiger partial charge is 0.351 e. The molecule has 1 heterocycles. The van der Waals surface area contributed by atoms with Gasteiger partial charge in [0.15, 0.2) is 5.78 Å². The summed E-state index contributed by atoms with van der Waals surface area (Å²) < 4.78 is 0. The lowest BCUT2D eigenvalue weighted by Gasteiger charge is -2.19. The molecule has 1 aliphatic heterocycles. The van der Waals surface area contributed by atoms with Crippen LogP contribution in [0.1, 0.15) is 32.7 Å². The fourth-order valence-electron chi connectivity index (χ4n) is 2.90. The molecule has 3 rings (SSSR count). The first-order valence-corrected chi connectivity index (χ1v) is 9.43. The second-order valence-corrected chi connectivity index (χ2v) is 7.29. The van der Waals surface area contributed by atoms with E-state index in [9.17, 15) is 9.59 Å². The molecule has 0 radical (unpaired) electrons. The van der Waals surface area contributed by atoms with Gasteiger partial charge in [0, 0.05) is 42.3 Å². The second-order valence-electron chi connectivity index (χ2n) is 6.18. The van der Waals surface area contributed by atoms with Crippen molar-refractivity contribution in [2.45, 2.75) is 17.9 Å². The molecule has 1 amide bonds.